The molecule has 2 aromatic carbocycles. The maximum atomic E-state index is 14.6. The van der Waals surface area contributed by atoms with Gasteiger partial charge in [0.2, 0.25) is 0 Å². The largest absolute Gasteiger partial charge is 0.508 e. The van der Waals surface area contributed by atoms with Crippen LogP contribution in [0.1, 0.15) is 48.9 Å². The highest BCUT2D eigenvalue weighted by Crippen LogP contribution is 2.34. The van der Waals surface area contributed by atoms with Crippen LogP contribution < -0.4 is 4.74 Å². The van der Waals surface area contributed by atoms with Gasteiger partial charge in [-0.15, -0.1) is 0 Å². The first kappa shape index (κ1) is 21.0. The van der Waals surface area contributed by atoms with Crippen LogP contribution in [0.25, 0.3) is 0 Å². The molecular formula is C21H24ClFO4. The van der Waals surface area contributed by atoms with Crippen LogP contribution in [0, 0.1) is 12.7 Å². The summed E-state index contributed by atoms with van der Waals surface area (Å²) in [6.07, 6.45) is 0.416. The Labute approximate surface area is 163 Å². The summed E-state index contributed by atoms with van der Waals surface area (Å²) in [5, 5.41) is 9.93. The molecule has 0 saturated carbocycles. The van der Waals surface area contributed by atoms with E-state index < -0.39 is 11.8 Å². The molecule has 146 valence electrons. The van der Waals surface area contributed by atoms with Crippen molar-refractivity contribution in [2.75, 3.05) is 13.2 Å². The Morgan fingerprint density at radius 1 is 1.30 bits per heavy atom. The number of carbonyl (C=O) groups is 1. The molecule has 0 spiro atoms. The first-order valence-electron chi connectivity index (χ1n) is 8.82. The third kappa shape index (κ3) is 5.13. The first-order chi connectivity index (χ1) is 12.7. The van der Waals surface area contributed by atoms with E-state index in [2.05, 4.69) is 0 Å². The maximum absolute atomic E-state index is 14.6. The van der Waals surface area contributed by atoms with Gasteiger partial charge in [-0.3, -0.25) is 0 Å². The molecule has 0 radical (unpaired) electrons. The van der Waals surface area contributed by atoms with Gasteiger partial charge >= 0.3 is 5.97 Å². The quantitative estimate of drug-likeness (QED) is 0.660. The second-order valence-corrected chi connectivity index (χ2v) is 6.99. The van der Waals surface area contributed by atoms with Gasteiger partial charge in [-0.2, -0.15) is 0 Å². The second-order valence-electron chi connectivity index (χ2n) is 6.62. The van der Waals surface area contributed by atoms with E-state index in [1.165, 1.54) is 6.07 Å². The Bertz CT molecular complexity index is 833. The fourth-order valence-electron chi connectivity index (χ4n) is 2.80. The van der Waals surface area contributed by atoms with Gasteiger partial charge in [0.1, 0.15) is 5.75 Å². The molecule has 2 aromatic rings. The molecule has 1 N–H and O–H groups in total. The first-order valence-corrected chi connectivity index (χ1v) is 9.20. The Balaban J connectivity index is 2.27. The van der Waals surface area contributed by atoms with Gasteiger partial charge in [-0.1, -0.05) is 37.6 Å². The number of hydrogen-bond acceptors (Lipinski definition) is 4. The van der Waals surface area contributed by atoms with Gasteiger partial charge in [0.25, 0.3) is 0 Å². The monoisotopic (exact) mass is 394 g/mol. The van der Waals surface area contributed by atoms with Crippen molar-refractivity contribution in [1.82, 2.24) is 0 Å². The molecule has 2 rings (SSSR count). The van der Waals surface area contributed by atoms with E-state index in [9.17, 15) is 14.3 Å². The van der Waals surface area contributed by atoms with Crippen molar-refractivity contribution in [2.45, 2.75) is 40.0 Å². The minimum absolute atomic E-state index is 0.0342. The van der Waals surface area contributed by atoms with E-state index in [0.717, 1.165) is 16.7 Å². The summed E-state index contributed by atoms with van der Waals surface area (Å²) in [6.45, 7) is 7.33. The summed E-state index contributed by atoms with van der Waals surface area (Å²) >= 11 is 6.24. The maximum Gasteiger partial charge on any atom is 0.344 e. The number of phenolic OH excluding ortho intramolecular Hbond substituents is 1. The molecule has 0 bridgehead atoms. The molecule has 0 aromatic heterocycles. The molecule has 0 heterocycles. The van der Waals surface area contributed by atoms with E-state index in [4.69, 9.17) is 21.1 Å². The van der Waals surface area contributed by atoms with Gasteiger partial charge in [-0.25, -0.2) is 9.18 Å². The summed E-state index contributed by atoms with van der Waals surface area (Å²) < 4.78 is 24.6. The zero-order valence-corrected chi connectivity index (χ0v) is 16.7. The molecule has 0 amide bonds. The summed E-state index contributed by atoms with van der Waals surface area (Å²) in [7, 11) is 0. The highest BCUT2D eigenvalue weighted by molar-refractivity contribution is 6.31. The van der Waals surface area contributed by atoms with Gasteiger partial charge in [0.15, 0.2) is 18.2 Å². The number of rotatable bonds is 7. The standard InChI is InChI=1S/C21H24ClFO4/c1-5-26-19(25)11-27-18-8-13(4)16(20(22)21(18)23)10-14-6-7-17(24)15(9-14)12(2)3/h6-9,12,24H,5,10-11H2,1-4H3. The van der Waals surface area contributed by atoms with E-state index in [1.54, 1.807) is 19.1 Å². The number of phenols is 1. The lowest BCUT2D eigenvalue weighted by molar-refractivity contribution is -0.145. The molecule has 4 nitrogen and oxygen atoms in total. The number of ether oxygens (including phenoxy) is 2. The number of carbonyl (C=O) groups excluding carboxylic acids is 1. The summed E-state index contributed by atoms with van der Waals surface area (Å²) in [4.78, 5) is 11.4. The van der Waals surface area contributed by atoms with Gasteiger partial charge in [-0.05, 0) is 60.6 Å². The fourth-order valence-corrected chi connectivity index (χ4v) is 3.11. The molecule has 0 saturated heterocycles. The van der Waals surface area contributed by atoms with Crippen LogP contribution >= 0.6 is 11.6 Å². The van der Waals surface area contributed by atoms with Crippen LogP contribution in [0.5, 0.6) is 11.5 Å². The zero-order valence-electron chi connectivity index (χ0n) is 15.9. The topological polar surface area (TPSA) is 55.8 Å². The highest BCUT2D eigenvalue weighted by atomic mass is 35.5. The molecule has 0 atom stereocenters. The Morgan fingerprint density at radius 3 is 2.63 bits per heavy atom. The minimum Gasteiger partial charge on any atom is -0.508 e. The molecule has 0 fully saturated rings. The van der Waals surface area contributed by atoms with Crippen LogP contribution in [0.3, 0.4) is 0 Å². The number of esters is 1. The number of aryl methyl sites for hydroxylation is 1. The van der Waals surface area contributed by atoms with E-state index in [0.29, 0.717) is 12.0 Å². The SMILES string of the molecule is CCOC(=O)COc1cc(C)c(Cc2ccc(O)c(C(C)C)c2)c(Cl)c1F. The predicted molar refractivity (Wildman–Crippen MR) is 103 cm³/mol. The van der Waals surface area contributed by atoms with Crippen LogP contribution in [0.15, 0.2) is 24.3 Å². The van der Waals surface area contributed by atoms with Crippen molar-refractivity contribution < 1.29 is 23.8 Å². The third-order valence-electron chi connectivity index (χ3n) is 4.24. The Morgan fingerprint density at radius 2 is 2.00 bits per heavy atom. The summed E-state index contributed by atoms with van der Waals surface area (Å²) in [5.74, 6) is -0.949. The minimum atomic E-state index is -0.704. The van der Waals surface area contributed by atoms with Gasteiger partial charge < -0.3 is 14.6 Å². The number of aromatic hydroxyl groups is 1. The van der Waals surface area contributed by atoms with Crippen molar-refractivity contribution in [3.63, 3.8) is 0 Å². The Hall–Kier alpha value is -2.27. The van der Waals surface area contributed by atoms with Gasteiger partial charge in [0.05, 0.1) is 11.6 Å². The number of benzene rings is 2. The lowest BCUT2D eigenvalue weighted by atomic mass is 9.95. The second kappa shape index (κ2) is 9.09. The van der Waals surface area contributed by atoms with Crippen LogP contribution in [-0.4, -0.2) is 24.3 Å². The predicted octanol–water partition coefficient (Wildman–Crippen LogP) is 5.15. The highest BCUT2D eigenvalue weighted by Gasteiger charge is 2.18. The van der Waals surface area contributed by atoms with Crippen LogP contribution in [-0.2, 0) is 16.0 Å². The van der Waals surface area contributed by atoms with Gasteiger partial charge in [0, 0.05) is 0 Å². The molecule has 0 aliphatic carbocycles. The van der Waals surface area contributed by atoms with Crippen LogP contribution in [0.2, 0.25) is 5.02 Å². The average molecular weight is 395 g/mol. The van der Waals surface area contributed by atoms with E-state index in [1.807, 2.05) is 26.8 Å². The molecule has 0 aliphatic rings. The summed E-state index contributed by atoms with van der Waals surface area (Å²) in [6, 6.07) is 6.86. The average Bonchev–Trinajstić information content (AvgIpc) is 2.62. The third-order valence-corrected chi connectivity index (χ3v) is 4.64. The zero-order chi connectivity index (χ0) is 20.1. The molecule has 6 heteroatoms. The normalized spacial score (nSPS) is 10.9. The summed E-state index contributed by atoms with van der Waals surface area (Å²) in [5.41, 5.74) is 3.13. The van der Waals surface area contributed by atoms with E-state index in [-0.39, 0.29) is 35.7 Å². The van der Waals surface area contributed by atoms with Crippen molar-refractivity contribution in [1.29, 1.82) is 0 Å². The van der Waals surface area contributed by atoms with Crippen molar-refractivity contribution in [3.05, 3.63) is 57.4 Å². The molecule has 27 heavy (non-hydrogen) atoms. The fraction of sp³-hybridized carbons (Fsp3) is 0.381. The van der Waals surface area contributed by atoms with Crippen molar-refractivity contribution in [2.24, 2.45) is 0 Å². The van der Waals surface area contributed by atoms with Crippen molar-refractivity contribution >= 4 is 17.6 Å². The smallest absolute Gasteiger partial charge is 0.344 e. The van der Waals surface area contributed by atoms with E-state index >= 15 is 0 Å². The molecule has 0 aliphatic heterocycles. The van der Waals surface area contributed by atoms with Crippen LogP contribution in [0.4, 0.5) is 4.39 Å². The molecular weight excluding hydrogens is 371 g/mol. The number of halogens is 2. The lowest BCUT2D eigenvalue weighted by Gasteiger charge is -2.15. The Kier molecular flexibility index (Phi) is 7.08. The molecule has 0 unspecified atom stereocenters. The number of hydrogen-bond donors (Lipinski definition) is 1. The lowest BCUT2D eigenvalue weighted by Crippen LogP contribution is -2.15. The van der Waals surface area contributed by atoms with Crippen molar-refractivity contribution in [3.8, 4) is 11.5 Å².